The van der Waals surface area contributed by atoms with E-state index in [0.717, 1.165) is 56.3 Å². The first-order valence-electron chi connectivity index (χ1n) is 16.7. The summed E-state index contributed by atoms with van der Waals surface area (Å²) in [6.45, 7) is 3.73. The third kappa shape index (κ3) is 6.84. The van der Waals surface area contributed by atoms with Crippen LogP contribution in [0.4, 0.5) is 5.69 Å². The molecule has 0 bridgehead atoms. The van der Waals surface area contributed by atoms with Crippen LogP contribution >= 0.6 is 23.2 Å². The molecule has 3 aromatic rings. The number of likely N-dealkylation sites (N-methyl/N-ethyl adjacent to an activating group) is 1. The van der Waals surface area contributed by atoms with E-state index < -0.39 is 11.8 Å². The van der Waals surface area contributed by atoms with Crippen LogP contribution < -0.4 is 15.4 Å². The number of carbonyl (C=O) groups is 3. The highest BCUT2D eigenvalue weighted by atomic mass is 35.5. The van der Waals surface area contributed by atoms with Crippen molar-refractivity contribution < 1.29 is 19.1 Å². The maximum absolute atomic E-state index is 13.3. The van der Waals surface area contributed by atoms with Gasteiger partial charge in [0.2, 0.25) is 11.8 Å². The van der Waals surface area contributed by atoms with Crippen LogP contribution in [0.1, 0.15) is 56.2 Å². The highest BCUT2D eigenvalue weighted by Crippen LogP contribution is 2.47. The van der Waals surface area contributed by atoms with Crippen molar-refractivity contribution in [2.45, 2.75) is 57.0 Å². The number of ether oxygens (including phenoxy) is 1. The Labute approximate surface area is 297 Å². The van der Waals surface area contributed by atoms with Gasteiger partial charge in [0.1, 0.15) is 5.57 Å². The average molecular weight is 703 g/mol. The number of rotatable bonds is 9. The lowest BCUT2D eigenvalue weighted by Crippen LogP contribution is -2.44. The van der Waals surface area contributed by atoms with Crippen molar-refractivity contribution in [3.63, 3.8) is 0 Å². The van der Waals surface area contributed by atoms with Crippen molar-refractivity contribution in [2.75, 3.05) is 39.6 Å². The molecule has 49 heavy (non-hydrogen) atoms. The summed E-state index contributed by atoms with van der Waals surface area (Å²) >= 11 is 14.1. The van der Waals surface area contributed by atoms with Gasteiger partial charge in [0, 0.05) is 61.9 Å². The van der Waals surface area contributed by atoms with Crippen molar-refractivity contribution in [1.82, 2.24) is 20.1 Å². The van der Waals surface area contributed by atoms with Gasteiger partial charge in [0.15, 0.2) is 0 Å². The van der Waals surface area contributed by atoms with E-state index in [0.29, 0.717) is 44.9 Å². The van der Waals surface area contributed by atoms with Crippen molar-refractivity contribution >= 4 is 46.6 Å². The second-order valence-electron chi connectivity index (χ2n) is 13.1. The Morgan fingerprint density at radius 2 is 1.84 bits per heavy atom. The molecule has 256 valence electrons. The topological polar surface area (TPSA) is 104 Å². The Bertz CT molecular complexity index is 1870. The number of pyridine rings is 1. The van der Waals surface area contributed by atoms with Gasteiger partial charge in [-0.2, -0.15) is 0 Å². The molecule has 1 aromatic heterocycles. The number of fused-ring (bicyclic) bond motifs is 1. The van der Waals surface area contributed by atoms with Gasteiger partial charge in [0.05, 0.1) is 34.1 Å². The molecule has 0 radical (unpaired) electrons. The maximum atomic E-state index is 13.3. The van der Waals surface area contributed by atoms with E-state index in [1.54, 1.807) is 39.4 Å². The highest BCUT2D eigenvalue weighted by molar-refractivity contribution is 6.40. The van der Waals surface area contributed by atoms with Crippen molar-refractivity contribution in [3.8, 4) is 28.3 Å². The van der Waals surface area contributed by atoms with Gasteiger partial charge in [-0.25, -0.2) is 4.98 Å². The minimum atomic E-state index is -0.566. The van der Waals surface area contributed by atoms with Crippen molar-refractivity contribution in [2.24, 2.45) is 0 Å². The molecule has 0 saturated carbocycles. The number of anilines is 1. The number of aryl methyl sites for hydroxylation is 1. The van der Waals surface area contributed by atoms with Crippen LogP contribution in [0.5, 0.6) is 5.88 Å². The normalized spacial score (nSPS) is 20.6. The van der Waals surface area contributed by atoms with E-state index in [9.17, 15) is 14.4 Å². The summed E-state index contributed by atoms with van der Waals surface area (Å²) < 4.78 is 5.90. The first-order valence-corrected chi connectivity index (χ1v) is 17.4. The molecule has 3 amide bonds. The number of nitrogens with zero attached hydrogens (tertiary/aromatic N) is 3. The van der Waals surface area contributed by atoms with Gasteiger partial charge in [-0.1, -0.05) is 72.6 Å². The maximum Gasteiger partial charge on any atom is 0.261 e. The molecule has 11 heteroatoms. The van der Waals surface area contributed by atoms with Gasteiger partial charge in [0.25, 0.3) is 11.8 Å². The molecule has 1 aliphatic carbocycles. The molecule has 2 N–H and O–H groups in total. The van der Waals surface area contributed by atoms with Crippen LogP contribution in [0.2, 0.25) is 10.0 Å². The molecule has 2 atom stereocenters. The average Bonchev–Trinajstić information content (AvgIpc) is 3.81. The molecule has 3 heterocycles. The monoisotopic (exact) mass is 701 g/mol. The molecule has 2 aliphatic heterocycles. The van der Waals surface area contributed by atoms with Gasteiger partial charge < -0.3 is 20.3 Å². The van der Waals surface area contributed by atoms with Crippen LogP contribution in [0.3, 0.4) is 0 Å². The van der Waals surface area contributed by atoms with E-state index in [1.807, 2.05) is 37.3 Å². The molecule has 6 rings (SSSR count). The molecule has 2 unspecified atom stereocenters. The quantitative estimate of drug-likeness (QED) is 0.108. The van der Waals surface area contributed by atoms with Crippen molar-refractivity contribution in [1.29, 1.82) is 0 Å². The van der Waals surface area contributed by atoms with Gasteiger partial charge in [-0.05, 0) is 55.9 Å². The number of aromatic nitrogens is 1. The number of benzene rings is 2. The molecule has 2 aromatic carbocycles. The third-order valence-electron chi connectivity index (χ3n) is 9.71. The SMILES string of the molecule is CC/C=C/C=C(/C(=O)Nc1cccc(-c2cccc(-c3cc4c(c(OC)n3)C(N3CCC5(CCC(=O)N5)C3)CC4)c2Cl)c1Cl)C(=O)N(C)C. The Morgan fingerprint density at radius 1 is 1.10 bits per heavy atom. The van der Waals surface area contributed by atoms with Gasteiger partial charge >= 0.3 is 0 Å². The summed E-state index contributed by atoms with van der Waals surface area (Å²) in [5, 5.41) is 6.81. The lowest BCUT2D eigenvalue weighted by molar-refractivity contribution is -0.127. The number of methoxy groups -OCH3 is 1. The smallest absolute Gasteiger partial charge is 0.261 e. The summed E-state index contributed by atoms with van der Waals surface area (Å²) in [4.78, 5) is 46.9. The van der Waals surface area contributed by atoms with Crippen LogP contribution in [0.15, 0.2) is 66.3 Å². The Kier molecular flexibility index (Phi) is 10.2. The fourth-order valence-electron chi connectivity index (χ4n) is 7.24. The number of nitrogens with one attached hydrogen (secondary N) is 2. The van der Waals surface area contributed by atoms with Gasteiger partial charge in [-0.3, -0.25) is 19.3 Å². The highest BCUT2D eigenvalue weighted by Gasteiger charge is 2.46. The van der Waals surface area contributed by atoms with Crippen LogP contribution in [-0.2, 0) is 20.8 Å². The molecular weight excluding hydrogens is 661 g/mol. The minimum absolute atomic E-state index is 0.00962. The zero-order valence-corrected chi connectivity index (χ0v) is 29.8. The number of hydrogen-bond donors (Lipinski definition) is 2. The summed E-state index contributed by atoms with van der Waals surface area (Å²) in [6, 6.07) is 13.3. The van der Waals surface area contributed by atoms with Crippen LogP contribution in [0, 0.1) is 0 Å². The molecule has 2 saturated heterocycles. The Balaban J connectivity index is 1.29. The first kappa shape index (κ1) is 34.7. The standard InChI is InChI=1S/C38H41Cl2N5O4/c1-5-6-7-10-27(37(48)44(2)3)35(47)41-28-14-9-12-25(34(28)40)24-11-8-13-26(33(24)39)29-21-23-15-16-30(32(23)36(42-29)49-4)45-20-19-38(22-45)18-17-31(46)43-38/h6-14,21,30H,5,15-20,22H2,1-4H3,(H,41,47)(H,43,46)/b7-6+,27-10-. The number of likely N-dealkylation sites (tertiary alicyclic amines) is 1. The van der Waals surface area contributed by atoms with Crippen LogP contribution in [-0.4, -0.2) is 72.3 Å². The lowest BCUT2D eigenvalue weighted by Gasteiger charge is -2.28. The number of hydrogen-bond acceptors (Lipinski definition) is 6. The summed E-state index contributed by atoms with van der Waals surface area (Å²) in [6.07, 6.45) is 10.1. The van der Waals surface area contributed by atoms with E-state index in [1.165, 1.54) is 16.5 Å². The fraction of sp³-hybridized carbons (Fsp3) is 0.368. The first-order chi connectivity index (χ1) is 23.6. The molecule has 9 nitrogen and oxygen atoms in total. The van der Waals surface area contributed by atoms with E-state index in [4.69, 9.17) is 32.9 Å². The largest absolute Gasteiger partial charge is 0.481 e. The van der Waals surface area contributed by atoms with Gasteiger partial charge in [-0.15, -0.1) is 0 Å². The second kappa shape index (κ2) is 14.4. The summed E-state index contributed by atoms with van der Waals surface area (Å²) in [5.74, 6) is -0.257. The molecule has 2 fully saturated rings. The zero-order chi connectivity index (χ0) is 34.9. The van der Waals surface area contributed by atoms with Crippen molar-refractivity contribution in [3.05, 3.63) is 87.4 Å². The third-order valence-corrected chi connectivity index (χ3v) is 10.5. The van der Waals surface area contributed by atoms with Crippen LogP contribution in [0.25, 0.3) is 22.4 Å². The molecule has 1 spiro atoms. The minimum Gasteiger partial charge on any atom is -0.481 e. The molecule has 3 aliphatic rings. The Hall–Kier alpha value is -4.18. The second-order valence-corrected chi connectivity index (χ2v) is 13.9. The lowest BCUT2D eigenvalue weighted by atomic mass is 9.97. The Morgan fingerprint density at radius 3 is 2.53 bits per heavy atom. The number of amides is 3. The van der Waals surface area contributed by atoms with E-state index >= 15 is 0 Å². The number of halogens is 2. The van der Waals surface area contributed by atoms with E-state index in [-0.39, 0.29) is 23.1 Å². The summed E-state index contributed by atoms with van der Waals surface area (Å²) in [7, 11) is 4.84. The molecular formula is C38H41Cl2N5O4. The predicted octanol–water partition coefficient (Wildman–Crippen LogP) is 6.99. The summed E-state index contributed by atoms with van der Waals surface area (Å²) in [5.41, 5.74) is 5.23. The number of allylic oxidation sites excluding steroid dienone is 3. The van der Waals surface area contributed by atoms with E-state index in [2.05, 4.69) is 21.6 Å². The zero-order valence-electron chi connectivity index (χ0n) is 28.2. The fourth-order valence-corrected chi connectivity index (χ4v) is 7.84. The number of carbonyl (C=O) groups excluding carboxylic acids is 3. The predicted molar refractivity (Wildman–Crippen MR) is 194 cm³/mol.